The minimum atomic E-state index is -0.567. The molecule has 0 aliphatic heterocycles. The average Bonchev–Trinajstić information content (AvgIpc) is 2.08. The topological polar surface area (TPSA) is 20.2 Å². The maximum absolute atomic E-state index is 9.50. The second-order valence-corrected chi connectivity index (χ2v) is 3.49. The third kappa shape index (κ3) is 1.76. The van der Waals surface area contributed by atoms with Gasteiger partial charge in [-0.1, -0.05) is 34.1 Å². The normalized spacial score (nSPS) is 12.6. The number of rotatable bonds is 2. The fourth-order valence-corrected chi connectivity index (χ4v) is 1.45. The largest absolute Gasteiger partial charge is 0.384 e. The van der Waals surface area contributed by atoms with E-state index < -0.39 is 6.10 Å². The van der Waals surface area contributed by atoms with Gasteiger partial charge in [0.05, 0.1) is 6.10 Å². The molecule has 12 heavy (non-hydrogen) atoms. The van der Waals surface area contributed by atoms with Crippen LogP contribution in [-0.4, -0.2) is 5.11 Å². The van der Waals surface area contributed by atoms with E-state index in [4.69, 9.17) is 0 Å². The third-order valence-electron chi connectivity index (χ3n) is 1.85. The van der Waals surface area contributed by atoms with Crippen molar-refractivity contribution in [1.29, 1.82) is 0 Å². The summed E-state index contributed by atoms with van der Waals surface area (Å²) in [7, 11) is 0. The smallest absolute Gasteiger partial charge is 0.0972 e. The molecule has 0 fully saturated rings. The van der Waals surface area contributed by atoms with Gasteiger partial charge < -0.3 is 5.11 Å². The quantitative estimate of drug-likeness (QED) is 0.770. The summed E-state index contributed by atoms with van der Waals surface area (Å²) in [6, 6.07) is 5.75. The second kappa shape index (κ2) is 3.87. The number of aliphatic hydroxyl groups excluding tert-OH is 1. The monoisotopic (exact) mass is 226 g/mol. The highest BCUT2D eigenvalue weighted by molar-refractivity contribution is 9.10. The van der Waals surface area contributed by atoms with Crippen molar-refractivity contribution < 1.29 is 5.11 Å². The number of hydrogen-bond acceptors (Lipinski definition) is 1. The van der Waals surface area contributed by atoms with Crippen LogP contribution in [0.25, 0.3) is 0 Å². The maximum atomic E-state index is 9.50. The van der Waals surface area contributed by atoms with E-state index in [1.807, 2.05) is 25.1 Å². The van der Waals surface area contributed by atoms with Crippen LogP contribution in [0.4, 0.5) is 0 Å². The molecule has 0 aromatic heterocycles. The molecular weight excluding hydrogens is 216 g/mol. The van der Waals surface area contributed by atoms with Gasteiger partial charge in [-0.05, 0) is 24.1 Å². The highest BCUT2D eigenvalue weighted by Gasteiger charge is 2.07. The fourth-order valence-electron chi connectivity index (χ4n) is 1.07. The van der Waals surface area contributed by atoms with Crippen LogP contribution in [0.2, 0.25) is 0 Å². The van der Waals surface area contributed by atoms with Crippen LogP contribution in [0.5, 0.6) is 0 Å². The SMILES string of the molecule is C=CC(O)c1cccc(Br)c1C. The van der Waals surface area contributed by atoms with Crippen LogP contribution < -0.4 is 0 Å². The molecule has 0 radical (unpaired) electrons. The van der Waals surface area contributed by atoms with Crippen molar-refractivity contribution in [1.82, 2.24) is 0 Å². The van der Waals surface area contributed by atoms with Crippen molar-refractivity contribution in [3.63, 3.8) is 0 Å². The number of halogens is 1. The summed E-state index contributed by atoms with van der Waals surface area (Å²) >= 11 is 3.40. The molecular formula is C10H11BrO. The van der Waals surface area contributed by atoms with Crippen molar-refractivity contribution in [3.8, 4) is 0 Å². The second-order valence-electron chi connectivity index (χ2n) is 2.63. The first-order valence-corrected chi connectivity index (χ1v) is 4.51. The van der Waals surface area contributed by atoms with Crippen molar-refractivity contribution in [2.45, 2.75) is 13.0 Å². The van der Waals surface area contributed by atoms with Gasteiger partial charge in [0.15, 0.2) is 0 Å². The molecule has 0 bridgehead atoms. The summed E-state index contributed by atoms with van der Waals surface area (Å²) in [5, 5.41) is 9.50. The predicted molar refractivity (Wildman–Crippen MR) is 54.0 cm³/mol. The van der Waals surface area contributed by atoms with Gasteiger partial charge in [0, 0.05) is 4.47 Å². The van der Waals surface area contributed by atoms with E-state index in [2.05, 4.69) is 22.5 Å². The van der Waals surface area contributed by atoms with Gasteiger partial charge in [-0.25, -0.2) is 0 Å². The Morgan fingerprint density at radius 3 is 2.83 bits per heavy atom. The van der Waals surface area contributed by atoms with Gasteiger partial charge in [0.2, 0.25) is 0 Å². The van der Waals surface area contributed by atoms with Crippen molar-refractivity contribution in [2.24, 2.45) is 0 Å². The van der Waals surface area contributed by atoms with Crippen LogP contribution in [-0.2, 0) is 0 Å². The summed E-state index contributed by atoms with van der Waals surface area (Å²) in [5.74, 6) is 0. The van der Waals surface area contributed by atoms with Crippen LogP contribution in [0, 0.1) is 6.92 Å². The van der Waals surface area contributed by atoms with Crippen molar-refractivity contribution >= 4 is 15.9 Å². The lowest BCUT2D eigenvalue weighted by Crippen LogP contribution is -1.96. The fraction of sp³-hybridized carbons (Fsp3) is 0.200. The minimum absolute atomic E-state index is 0.567. The summed E-state index contributed by atoms with van der Waals surface area (Å²) in [6.07, 6.45) is 0.955. The molecule has 0 spiro atoms. The molecule has 1 N–H and O–H groups in total. The average molecular weight is 227 g/mol. The molecule has 1 nitrogen and oxygen atoms in total. The van der Waals surface area contributed by atoms with Crippen LogP contribution >= 0.6 is 15.9 Å². The molecule has 2 heteroatoms. The van der Waals surface area contributed by atoms with Gasteiger partial charge in [-0.3, -0.25) is 0 Å². The van der Waals surface area contributed by atoms with Crippen LogP contribution in [0.3, 0.4) is 0 Å². The first-order valence-electron chi connectivity index (χ1n) is 3.72. The molecule has 0 heterocycles. The molecule has 1 unspecified atom stereocenters. The Bertz CT molecular complexity index is 294. The Morgan fingerprint density at radius 2 is 2.25 bits per heavy atom. The van der Waals surface area contributed by atoms with Gasteiger partial charge in [-0.2, -0.15) is 0 Å². The molecule has 0 saturated carbocycles. The highest BCUT2D eigenvalue weighted by Crippen LogP contribution is 2.24. The highest BCUT2D eigenvalue weighted by atomic mass is 79.9. The molecule has 1 aromatic rings. The summed E-state index contributed by atoms with van der Waals surface area (Å²) in [4.78, 5) is 0. The van der Waals surface area contributed by atoms with E-state index in [0.29, 0.717) is 0 Å². The van der Waals surface area contributed by atoms with Crippen LogP contribution in [0.15, 0.2) is 35.3 Å². The van der Waals surface area contributed by atoms with E-state index in [1.54, 1.807) is 0 Å². The zero-order valence-electron chi connectivity index (χ0n) is 6.92. The van der Waals surface area contributed by atoms with Gasteiger partial charge in [0.25, 0.3) is 0 Å². The number of aliphatic hydroxyl groups is 1. The van der Waals surface area contributed by atoms with Gasteiger partial charge in [0.1, 0.15) is 0 Å². The number of hydrogen-bond donors (Lipinski definition) is 1. The van der Waals surface area contributed by atoms with Gasteiger partial charge in [-0.15, -0.1) is 6.58 Å². The van der Waals surface area contributed by atoms with Crippen molar-refractivity contribution in [2.75, 3.05) is 0 Å². The van der Waals surface area contributed by atoms with Crippen LogP contribution in [0.1, 0.15) is 17.2 Å². The first-order chi connectivity index (χ1) is 5.66. The molecule has 0 amide bonds. The molecule has 64 valence electrons. The van der Waals surface area contributed by atoms with E-state index >= 15 is 0 Å². The lowest BCUT2D eigenvalue weighted by molar-refractivity contribution is 0.228. The zero-order valence-corrected chi connectivity index (χ0v) is 8.51. The molecule has 1 atom stereocenters. The Hall–Kier alpha value is -0.600. The summed E-state index contributed by atoms with van der Waals surface area (Å²) in [6.45, 7) is 5.51. The number of benzene rings is 1. The maximum Gasteiger partial charge on any atom is 0.0972 e. The van der Waals surface area contributed by atoms with E-state index in [9.17, 15) is 5.11 Å². The summed E-state index contributed by atoms with van der Waals surface area (Å²) in [5.41, 5.74) is 1.96. The Balaban J connectivity index is 3.15. The molecule has 0 aliphatic rings. The predicted octanol–water partition coefficient (Wildman–Crippen LogP) is 2.98. The van der Waals surface area contributed by atoms with E-state index in [-0.39, 0.29) is 0 Å². The first kappa shape index (κ1) is 9.49. The molecule has 0 aliphatic carbocycles. The lowest BCUT2D eigenvalue weighted by Gasteiger charge is -2.10. The molecule has 1 rings (SSSR count). The molecule has 1 aromatic carbocycles. The third-order valence-corrected chi connectivity index (χ3v) is 2.71. The van der Waals surface area contributed by atoms with Crippen molar-refractivity contribution in [3.05, 3.63) is 46.5 Å². The zero-order chi connectivity index (χ0) is 9.14. The Morgan fingerprint density at radius 1 is 1.58 bits per heavy atom. The van der Waals surface area contributed by atoms with E-state index in [0.717, 1.165) is 15.6 Å². The van der Waals surface area contributed by atoms with E-state index in [1.165, 1.54) is 6.08 Å². The van der Waals surface area contributed by atoms with Gasteiger partial charge >= 0.3 is 0 Å². The minimum Gasteiger partial charge on any atom is -0.384 e. The standard InChI is InChI=1S/C10H11BrO/c1-3-10(12)8-5-4-6-9(11)7(8)2/h3-6,10,12H,1H2,2H3. The Labute approximate surface area is 80.9 Å². The summed E-state index contributed by atoms with van der Waals surface area (Å²) < 4.78 is 1.01. The molecule has 0 saturated heterocycles. The Kier molecular flexibility index (Phi) is 3.06. The lowest BCUT2D eigenvalue weighted by atomic mass is 10.0.